The molecular formula is C12H11NO. The number of aldehydes is 1. The van der Waals surface area contributed by atoms with Gasteiger partial charge in [0.05, 0.1) is 0 Å². The molecule has 2 aromatic rings. The van der Waals surface area contributed by atoms with Crippen LogP contribution in [0.25, 0.3) is 10.9 Å². The Hall–Kier alpha value is -1.57. The summed E-state index contributed by atoms with van der Waals surface area (Å²) in [5.41, 5.74) is 2.46. The lowest BCUT2D eigenvalue weighted by Crippen LogP contribution is -1.83. The van der Waals surface area contributed by atoms with Gasteiger partial charge in [-0.15, -0.1) is 0 Å². The standard InChI is InChI=1S/C12H11NO/c14-7-10-6-11(10)8-1-2-12-9(5-8)3-4-13-12/h1-5,7,10-11,13H,6H2/t10-,11-/m0/s1. The van der Waals surface area contributed by atoms with Crippen molar-refractivity contribution >= 4 is 17.2 Å². The maximum Gasteiger partial charge on any atom is 0.123 e. The summed E-state index contributed by atoms with van der Waals surface area (Å²) in [4.78, 5) is 13.7. The molecule has 1 aliphatic carbocycles. The average Bonchev–Trinajstić information content (AvgIpc) is 2.87. The highest BCUT2D eigenvalue weighted by Gasteiger charge is 2.37. The molecule has 1 fully saturated rings. The van der Waals surface area contributed by atoms with E-state index in [1.54, 1.807) is 0 Å². The molecule has 2 atom stereocenters. The molecule has 70 valence electrons. The van der Waals surface area contributed by atoms with Crippen LogP contribution in [0, 0.1) is 5.92 Å². The van der Waals surface area contributed by atoms with Crippen molar-refractivity contribution in [3.8, 4) is 0 Å². The zero-order chi connectivity index (χ0) is 9.54. The quantitative estimate of drug-likeness (QED) is 0.716. The van der Waals surface area contributed by atoms with Crippen LogP contribution < -0.4 is 0 Å². The van der Waals surface area contributed by atoms with Gasteiger partial charge in [0, 0.05) is 17.6 Å². The SMILES string of the molecule is O=C[C@@H]1C[C@H]1c1ccc2[nH]ccc2c1. The highest BCUT2D eigenvalue weighted by atomic mass is 16.1. The van der Waals surface area contributed by atoms with Gasteiger partial charge < -0.3 is 9.78 Å². The van der Waals surface area contributed by atoms with E-state index in [-0.39, 0.29) is 5.92 Å². The zero-order valence-electron chi connectivity index (χ0n) is 7.73. The van der Waals surface area contributed by atoms with Crippen molar-refractivity contribution in [2.75, 3.05) is 0 Å². The molecule has 3 rings (SSSR count). The highest BCUT2D eigenvalue weighted by Crippen LogP contribution is 2.46. The maximum atomic E-state index is 10.6. The van der Waals surface area contributed by atoms with E-state index in [4.69, 9.17) is 0 Å². The molecule has 1 N–H and O–H groups in total. The normalized spacial score (nSPS) is 25.1. The second-order valence-electron chi connectivity index (χ2n) is 3.97. The van der Waals surface area contributed by atoms with Crippen molar-refractivity contribution in [1.29, 1.82) is 0 Å². The summed E-state index contributed by atoms with van der Waals surface area (Å²) < 4.78 is 0. The van der Waals surface area contributed by atoms with Gasteiger partial charge in [0.25, 0.3) is 0 Å². The highest BCUT2D eigenvalue weighted by molar-refractivity contribution is 5.80. The van der Waals surface area contributed by atoms with E-state index >= 15 is 0 Å². The number of benzene rings is 1. The minimum atomic E-state index is 0.270. The first-order valence-electron chi connectivity index (χ1n) is 4.91. The molecule has 14 heavy (non-hydrogen) atoms. The molecule has 2 heteroatoms. The van der Waals surface area contributed by atoms with Crippen LogP contribution in [0.5, 0.6) is 0 Å². The first kappa shape index (κ1) is 7.80. The fourth-order valence-corrected chi connectivity index (χ4v) is 2.05. The Labute approximate surface area is 81.9 Å². The topological polar surface area (TPSA) is 32.9 Å². The van der Waals surface area contributed by atoms with Crippen LogP contribution in [-0.2, 0) is 4.79 Å². The van der Waals surface area contributed by atoms with Crippen LogP contribution in [0.3, 0.4) is 0 Å². The molecule has 0 radical (unpaired) electrons. The van der Waals surface area contributed by atoms with Gasteiger partial charge in [-0.25, -0.2) is 0 Å². The first-order valence-corrected chi connectivity index (χ1v) is 4.91. The van der Waals surface area contributed by atoms with Gasteiger partial charge >= 0.3 is 0 Å². The van der Waals surface area contributed by atoms with Gasteiger partial charge in [0.1, 0.15) is 6.29 Å². The predicted molar refractivity (Wildman–Crippen MR) is 55.2 cm³/mol. The van der Waals surface area contributed by atoms with Crippen molar-refractivity contribution in [3.63, 3.8) is 0 Å². The van der Waals surface area contributed by atoms with Gasteiger partial charge in [-0.1, -0.05) is 6.07 Å². The molecule has 1 aromatic carbocycles. The van der Waals surface area contributed by atoms with E-state index in [9.17, 15) is 4.79 Å². The Morgan fingerprint density at radius 2 is 2.29 bits per heavy atom. The molecule has 0 bridgehead atoms. The monoisotopic (exact) mass is 185 g/mol. The van der Waals surface area contributed by atoms with Crippen LogP contribution in [-0.4, -0.2) is 11.3 Å². The summed E-state index contributed by atoms with van der Waals surface area (Å²) in [6.45, 7) is 0. The fraction of sp³-hybridized carbons (Fsp3) is 0.250. The number of carbonyl (C=O) groups is 1. The van der Waals surface area contributed by atoms with Crippen LogP contribution in [0.4, 0.5) is 0 Å². The molecule has 0 amide bonds. The van der Waals surface area contributed by atoms with Crippen LogP contribution in [0.2, 0.25) is 0 Å². The third-order valence-corrected chi connectivity index (χ3v) is 3.02. The summed E-state index contributed by atoms with van der Waals surface area (Å²) in [6.07, 6.45) is 4.05. The van der Waals surface area contributed by atoms with Gasteiger partial charge in [-0.2, -0.15) is 0 Å². The van der Waals surface area contributed by atoms with Crippen molar-refractivity contribution in [1.82, 2.24) is 4.98 Å². The molecule has 0 spiro atoms. The first-order chi connectivity index (χ1) is 6.88. The van der Waals surface area contributed by atoms with Gasteiger partial charge in [0.2, 0.25) is 0 Å². The number of H-pyrrole nitrogens is 1. The Balaban J connectivity index is 2.02. The van der Waals surface area contributed by atoms with E-state index in [2.05, 4.69) is 29.2 Å². The minimum Gasteiger partial charge on any atom is -0.361 e. The van der Waals surface area contributed by atoms with Crippen LogP contribution >= 0.6 is 0 Å². The Morgan fingerprint density at radius 1 is 1.36 bits per heavy atom. The van der Waals surface area contributed by atoms with E-state index in [1.165, 1.54) is 10.9 Å². The zero-order valence-corrected chi connectivity index (χ0v) is 7.73. The number of carbonyl (C=O) groups excluding carboxylic acids is 1. The van der Waals surface area contributed by atoms with Crippen molar-refractivity contribution in [3.05, 3.63) is 36.0 Å². The third kappa shape index (κ3) is 1.07. The van der Waals surface area contributed by atoms with Gasteiger partial charge in [-0.3, -0.25) is 0 Å². The van der Waals surface area contributed by atoms with E-state index in [0.29, 0.717) is 5.92 Å². The molecule has 0 aliphatic heterocycles. The third-order valence-electron chi connectivity index (χ3n) is 3.02. The molecular weight excluding hydrogens is 174 g/mol. The lowest BCUT2D eigenvalue weighted by Gasteiger charge is -1.97. The molecule has 1 aliphatic rings. The summed E-state index contributed by atoms with van der Waals surface area (Å²) >= 11 is 0. The summed E-state index contributed by atoms with van der Waals surface area (Å²) in [5, 5.41) is 1.24. The molecule has 0 unspecified atom stereocenters. The van der Waals surface area contributed by atoms with Gasteiger partial charge in [-0.05, 0) is 41.5 Å². The van der Waals surface area contributed by atoms with Crippen LogP contribution in [0.1, 0.15) is 17.9 Å². The second-order valence-corrected chi connectivity index (χ2v) is 3.97. The number of rotatable bonds is 2. The average molecular weight is 185 g/mol. The van der Waals surface area contributed by atoms with Gasteiger partial charge in [0.15, 0.2) is 0 Å². The van der Waals surface area contributed by atoms with Crippen molar-refractivity contribution in [2.45, 2.75) is 12.3 Å². The van der Waals surface area contributed by atoms with E-state index < -0.39 is 0 Å². The number of fused-ring (bicyclic) bond motifs is 1. The Morgan fingerprint density at radius 3 is 3.07 bits per heavy atom. The summed E-state index contributed by atoms with van der Waals surface area (Å²) in [7, 11) is 0. The fourth-order valence-electron chi connectivity index (χ4n) is 2.05. The molecule has 1 aromatic heterocycles. The van der Waals surface area contributed by atoms with E-state index in [0.717, 1.165) is 18.2 Å². The van der Waals surface area contributed by atoms with Crippen LogP contribution in [0.15, 0.2) is 30.5 Å². The number of aromatic nitrogens is 1. The lowest BCUT2D eigenvalue weighted by molar-refractivity contribution is -0.108. The second kappa shape index (κ2) is 2.71. The molecule has 1 heterocycles. The summed E-state index contributed by atoms with van der Waals surface area (Å²) in [6, 6.07) is 8.45. The smallest absolute Gasteiger partial charge is 0.123 e. The largest absolute Gasteiger partial charge is 0.361 e. The Bertz CT molecular complexity index is 486. The number of hydrogen-bond donors (Lipinski definition) is 1. The van der Waals surface area contributed by atoms with E-state index in [1.807, 2.05) is 6.20 Å². The predicted octanol–water partition coefficient (Wildman–Crippen LogP) is 2.47. The molecule has 2 nitrogen and oxygen atoms in total. The maximum absolute atomic E-state index is 10.6. The van der Waals surface area contributed by atoms with Crippen molar-refractivity contribution in [2.24, 2.45) is 5.92 Å². The number of aromatic amines is 1. The number of hydrogen-bond acceptors (Lipinski definition) is 1. The molecule has 1 saturated carbocycles. The Kier molecular flexibility index (Phi) is 1.51. The molecule has 0 saturated heterocycles. The minimum absolute atomic E-state index is 0.270. The summed E-state index contributed by atoms with van der Waals surface area (Å²) in [5.74, 6) is 0.748. The number of nitrogens with one attached hydrogen (secondary N) is 1. The van der Waals surface area contributed by atoms with Crippen molar-refractivity contribution < 1.29 is 4.79 Å². The lowest BCUT2D eigenvalue weighted by atomic mass is 10.1.